The molecule has 0 radical (unpaired) electrons. The Morgan fingerprint density at radius 2 is 1.92 bits per heavy atom. The van der Waals surface area contributed by atoms with Crippen molar-refractivity contribution in [2.75, 3.05) is 0 Å². The Kier molecular flexibility index (Phi) is 1.41. The van der Waals surface area contributed by atoms with E-state index in [0.29, 0.717) is 0 Å². The molecule has 0 aromatic carbocycles. The highest BCUT2D eigenvalue weighted by Crippen LogP contribution is 2.18. The van der Waals surface area contributed by atoms with E-state index in [4.69, 9.17) is 0 Å². The fourth-order valence-corrected chi connectivity index (χ4v) is 1.92. The van der Waals surface area contributed by atoms with Crippen LogP contribution in [-0.2, 0) is 0 Å². The van der Waals surface area contributed by atoms with Crippen LogP contribution in [0.25, 0.3) is 10.3 Å². The molecule has 2 aromatic rings. The molecule has 2 heterocycles. The van der Waals surface area contributed by atoms with Crippen LogP contribution in [0.3, 0.4) is 0 Å². The Morgan fingerprint density at radius 1 is 1.25 bits per heavy atom. The summed E-state index contributed by atoms with van der Waals surface area (Å²) in [7, 11) is 0. The maximum absolute atomic E-state index is 10.9. The van der Waals surface area contributed by atoms with Gasteiger partial charge in [-0.3, -0.25) is 9.59 Å². The van der Waals surface area contributed by atoms with Gasteiger partial charge in [0.15, 0.2) is 0 Å². The van der Waals surface area contributed by atoms with E-state index in [-0.39, 0.29) is 0 Å². The number of nitrogens with one attached hydrogen (secondary N) is 2. The third-order valence-corrected chi connectivity index (χ3v) is 2.66. The van der Waals surface area contributed by atoms with Gasteiger partial charge in [-0.25, -0.2) is 0 Å². The second-order valence-electron chi connectivity index (χ2n) is 2.53. The van der Waals surface area contributed by atoms with E-state index in [2.05, 4.69) is 9.97 Å². The minimum absolute atomic E-state index is 0.593. The Hall–Kier alpha value is -1.36. The van der Waals surface area contributed by atoms with Crippen molar-refractivity contribution < 1.29 is 0 Å². The highest BCUT2D eigenvalue weighted by molar-refractivity contribution is 7.16. The fourth-order valence-electron chi connectivity index (χ4n) is 1.02. The van der Waals surface area contributed by atoms with Crippen molar-refractivity contribution in [3.63, 3.8) is 0 Å². The van der Waals surface area contributed by atoms with Crippen molar-refractivity contribution in [3.05, 3.63) is 31.7 Å². The zero-order valence-corrected chi connectivity index (χ0v) is 7.12. The standard InChI is InChI=1S/C7H6N2O2S/c1-3-2-12-7-4(3)8-5(10)6(11)9-7/h2H,1H3,(H,8,10)(H,9,11). The van der Waals surface area contributed by atoms with Crippen molar-refractivity contribution in [1.82, 2.24) is 9.97 Å². The van der Waals surface area contributed by atoms with Crippen LogP contribution in [0.5, 0.6) is 0 Å². The van der Waals surface area contributed by atoms with Crippen molar-refractivity contribution in [3.8, 4) is 0 Å². The summed E-state index contributed by atoms with van der Waals surface area (Å²) in [5.74, 6) is 0. The van der Waals surface area contributed by atoms with Gasteiger partial charge in [-0.2, -0.15) is 0 Å². The molecule has 0 fully saturated rings. The van der Waals surface area contributed by atoms with Gasteiger partial charge in [0.25, 0.3) is 0 Å². The van der Waals surface area contributed by atoms with Gasteiger partial charge >= 0.3 is 11.1 Å². The normalized spacial score (nSPS) is 10.8. The first-order chi connectivity index (χ1) is 5.68. The minimum atomic E-state index is -0.594. The highest BCUT2D eigenvalue weighted by atomic mass is 32.1. The maximum atomic E-state index is 10.9. The van der Waals surface area contributed by atoms with Gasteiger partial charge in [0, 0.05) is 0 Å². The number of aryl methyl sites for hydroxylation is 1. The third kappa shape index (κ3) is 0.902. The van der Waals surface area contributed by atoms with Crippen LogP contribution in [-0.4, -0.2) is 9.97 Å². The van der Waals surface area contributed by atoms with Gasteiger partial charge in [0.05, 0.1) is 5.52 Å². The van der Waals surface area contributed by atoms with Crippen molar-refractivity contribution >= 4 is 21.7 Å². The molecule has 0 unspecified atom stereocenters. The molecule has 0 amide bonds. The summed E-state index contributed by atoms with van der Waals surface area (Å²) in [6.07, 6.45) is 0. The third-order valence-electron chi connectivity index (χ3n) is 1.65. The van der Waals surface area contributed by atoms with E-state index in [1.807, 2.05) is 12.3 Å². The average molecular weight is 182 g/mol. The molecule has 0 spiro atoms. The van der Waals surface area contributed by atoms with E-state index < -0.39 is 11.1 Å². The van der Waals surface area contributed by atoms with E-state index in [0.717, 1.165) is 15.9 Å². The van der Waals surface area contributed by atoms with Crippen molar-refractivity contribution in [1.29, 1.82) is 0 Å². The number of rotatable bonds is 0. The lowest BCUT2D eigenvalue weighted by Gasteiger charge is -1.88. The van der Waals surface area contributed by atoms with Crippen LogP contribution < -0.4 is 11.1 Å². The van der Waals surface area contributed by atoms with Crippen molar-refractivity contribution in [2.45, 2.75) is 6.92 Å². The summed E-state index contributed by atoms with van der Waals surface area (Å²) in [5.41, 5.74) is 0.515. The largest absolute Gasteiger partial charge is 0.315 e. The van der Waals surface area contributed by atoms with Crippen LogP contribution in [0, 0.1) is 6.92 Å². The second-order valence-corrected chi connectivity index (χ2v) is 3.41. The van der Waals surface area contributed by atoms with Crippen LogP contribution in [0.15, 0.2) is 15.0 Å². The zero-order chi connectivity index (χ0) is 8.72. The Bertz CT molecular complexity index is 534. The fraction of sp³-hybridized carbons (Fsp3) is 0.143. The SMILES string of the molecule is Cc1csc2[nH]c(=O)c(=O)[nH]c12. The first-order valence-corrected chi connectivity index (χ1v) is 4.27. The number of H-pyrrole nitrogens is 2. The van der Waals surface area contributed by atoms with E-state index in [1.54, 1.807) is 0 Å². The predicted molar refractivity (Wildman–Crippen MR) is 47.8 cm³/mol. The molecule has 2 rings (SSSR count). The Balaban J connectivity index is 3.07. The summed E-state index contributed by atoms with van der Waals surface area (Å²) in [5, 5.41) is 1.89. The summed E-state index contributed by atoms with van der Waals surface area (Å²) >= 11 is 1.41. The van der Waals surface area contributed by atoms with Gasteiger partial charge < -0.3 is 9.97 Å². The topological polar surface area (TPSA) is 65.7 Å². The summed E-state index contributed by atoms with van der Waals surface area (Å²) in [6.45, 7) is 1.88. The number of thiophene rings is 1. The molecule has 0 saturated heterocycles. The molecule has 0 aliphatic heterocycles. The van der Waals surface area contributed by atoms with Gasteiger partial charge in [0.2, 0.25) is 0 Å². The highest BCUT2D eigenvalue weighted by Gasteiger charge is 2.02. The van der Waals surface area contributed by atoms with Crippen LogP contribution >= 0.6 is 11.3 Å². The predicted octanol–water partition coefficient (Wildman–Crippen LogP) is 0.586. The number of hydrogen-bond donors (Lipinski definition) is 2. The molecular weight excluding hydrogens is 176 g/mol. The summed E-state index contributed by atoms with van der Waals surface area (Å²) in [6, 6.07) is 0. The first kappa shape index (κ1) is 7.30. The molecule has 12 heavy (non-hydrogen) atoms. The molecule has 2 N–H and O–H groups in total. The molecule has 5 heteroatoms. The zero-order valence-electron chi connectivity index (χ0n) is 6.30. The Labute approximate surface area is 70.9 Å². The molecule has 0 saturated carbocycles. The quantitative estimate of drug-likeness (QED) is 0.585. The van der Waals surface area contributed by atoms with Crippen LogP contribution in [0.1, 0.15) is 5.56 Å². The lowest BCUT2D eigenvalue weighted by Crippen LogP contribution is -2.28. The molecule has 0 aliphatic carbocycles. The second kappa shape index (κ2) is 2.31. The van der Waals surface area contributed by atoms with Crippen molar-refractivity contribution in [2.24, 2.45) is 0 Å². The van der Waals surface area contributed by atoms with Crippen LogP contribution in [0.4, 0.5) is 0 Å². The molecular formula is C7H6N2O2S. The summed E-state index contributed by atoms with van der Waals surface area (Å²) in [4.78, 5) is 27.5. The molecule has 0 aliphatic rings. The van der Waals surface area contributed by atoms with Gasteiger partial charge in [0.1, 0.15) is 4.83 Å². The number of fused-ring (bicyclic) bond motifs is 1. The molecule has 4 nitrogen and oxygen atoms in total. The van der Waals surface area contributed by atoms with Crippen LogP contribution in [0.2, 0.25) is 0 Å². The average Bonchev–Trinajstić information content (AvgIpc) is 2.35. The first-order valence-electron chi connectivity index (χ1n) is 3.39. The summed E-state index contributed by atoms with van der Waals surface area (Å²) < 4.78 is 0. The lowest BCUT2D eigenvalue weighted by atomic mass is 10.3. The number of aromatic nitrogens is 2. The smallest absolute Gasteiger partial charge is 0.314 e. The molecule has 62 valence electrons. The number of hydrogen-bond acceptors (Lipinski definition) is 3. The van der Waals surface area contributed by atoms with E-state index in [9.17, 15) is 9.59 Å². The molecule has 0 bridgehead atoms. The molecule has 2 aromatic heterocycles. The van der Waals surface area contributed by atoms with Gasteiger partial charge in [-0.05, 0) is 17.9 Å². The molecule has 0 atom stereocenters. The maximum Gasteiger partial charge on any atom is 0.314 e. The monoisotopic (exact) mass is 182 g/mol. The van der Waals surface area contributed by atoms with E-state index in [1.165, 1.54) is 11.3 Å². The van der Waals surface area contributed by atoms with Gasteiger partial charge in [-0.15, -0.1) is 11.3 Å². The number of aromatic amines is 2. The van der Waals surface area contributed by atoms with Gasteiger partial charge in [-0.1, -0.05) is 0 Å². The van der Waals surface area contributed by atoms with E-state index >= 15 is 0 Å². The lowest BCUT2D eigenvalue weighted by molar-refractivity contribution is 1.15. The minimum Gasteiger partial charge on any atom is -0.315 e. The Morgan fingerprint density at radius 3 is 2.67 bits per heavy atom.